The minimum Gasteiger partial charge on any atom is -0.370 e. The predicted molar refractivity (Wildman–Crippen MR) is 116 cm³/mol. The summed E-state index contributed by atoms with van der Waals surface area (Å²) in [6.07, 6.45) is 22.1. The molecule has 0 bridgehead atoms. The molecule has 0 heterocycles. The van der Waals surface area contributed by atoms with Gasteiger partial charge in [-0.3, -0.25) is 9.59 Å². The van der Waals surface area contributed by atoms with Crippen LogP contribution in [0.5, 0.6) is 0 Å². The highest BCUT2D eigenvalue weighted by atomic mass is 16.2. The Morgan fingerprint density at radius 2 is 1.00 bits per heavy atom. The highest BCUT2D eigenvalue weighted by Crippen LogP contribution is 2.13. The van der Waals surface area contributed by atoms with Gasteiger partial charge < -0.3 is 10.6 Å². The van der Waals surface area contributed by atoms with E-state index in [1.807, 2.05) is 7.05 Å². The molecule has 0 saturated carbocycles. The van der Waals surface area contributed by atoms with Crippen LogP contribution in [0.3, 0.4) is 0 Å². The zero-order chi connectivity index (χ0) is 20.2. The highest BCUT2D eigenvalue weighted by Gasteiger charge is 2.09. The zero-order valence-corrected chi connectivity index (χ0v) is 18.3. The van der Waals surface area contributed by atoms with Crippen molar-refractivity contribution in [3.63, 3.8) is 0 Å². The van der Waals surface area contributed by atoms with Gasteiger partial charge in [-0.15, -0.1) is 0 Å². The van der Waals surface area contributed by atoms with E-state index in [0.29, 0.717) is 0 Å². The number of rotatable bonds is 20. The largest absolute Gasteiger partial charge is 0.370 e. The van der Waals surface area contributed by atoms with Crippen molar-refractivity contribution < 1.29 is 9.59 Å². The van der Waals surface area contributed by atoms with Crippen molar-refractivity contribution >= 4 is 11.8 Å². The summed E-state index contributed by atoms with van der Waals surface area (Å²) in [5.41, 5.74) is 5.07. The van der Waals surface area contributed by atoms with E-state index in [0.717, 1.165) is 13.0 Å². The fraction of sp³-hybridized carbons (Fsp3) is 0.913. The Bertz CT molecular complexity index is 358. The second-order valence-corrected chi connectivity index (χ2v) is 8.08. The van der Waals surface area contributed by atoms with Gasteiger partial charge in [0, 0.05) is 26.4 Å². The van der Waals surface area contributed by atoms with Crippen molar-refractivity contribution in [2.45, 2.75) is 122 Å². The number of unbranched alkanes of at least 4 members (excludes halogenated alkanes) is 15. The fourth-order valence-corrected chi connectivity index (χ4v) is 3.44. The molecule has 2 N–H and O–H groups in total. The second-order valence-electron chi connectivity index (χ2n) is 8.08. The molecule has 0 atom stereocenters. The van der Waals surface area contributed by atoms with Crippen LogP contribution < -0.4 is 5.73 Å². The first-order chi connectivity index (χ1) is 13.1. The van der Waals surface area contributed by atoms with Crippen LogP contribution in [0.1, 0.15) is 122 Å². The van der Waals surface area contributed by atoms with Gasteiger partial charge >= 0.3 is 0 Å². The number of hydrogen-bond acceptors (Lipinski definition) is 2. The maximum Gasteiger partial charge on any atom is 0.222 e. The van der Waals surface area contributed by atoms with Gasteiger partial charge in [0.1, 0.15) is 0 Å². The molecule has 0 rings (SSSR count). The first kappa shape index (κ1) is 25.9. The smallest absolute Gasteiger partial charge is 0.222 e. The summed E-state index contributed by atoms with van der Waals surface area (Å²) in [6, 6.07) is 0. The van der Waals surface area contributed by atoms with Crippen molar-refractivity contribution in [2.75, 3.05) is 13.6 Å². The summed E-state index contributed by atoms with van der Waals surface area (Å²) in [4.78, 5) is 24.2. The summed E-state index contributed by atoms with van der Waals surface area (Å²) in [7, 11) is 1.81. The standard InChI is InChI=1S/C23H46N2O2/c1-3-4-5-6-7-8-9-10-11-12-13-14-15-16-17-18-21-25(2)23(27)20-19-22(24)26/h3-21H2,1-2H3,(H2,24,26). The topological polar surface area (TPSA) is 63.4 Å². The molecule has 0 saturated heterocycles. The molecule has 0 unspecified atom stereocenters. The van der Waals surface area contributed by atoms with E-state index >= 15 is 0 Å². The van der Waals surface area contributed by atoms with Crippen molar-refractivity contribution in [1.29, 1.82) is 0 Å². The summed E-state index contributed by atoms with van der Waals surface area (Å²) < 4.78 is 0. The lowest BCUT2D eigenvalue weighted by Crippen LogP contribution is -2.28. The molecule has 0 fully saturated rings. The zero-order valence-electron chi connectivity index (χ0n) is 18.3. The van der Waals surface area contributed by atoms with Crippen LogP contribution in [-0.2, 0) is 9.59 Å². The highest BCUT2D eigenvalue weighted by molar-refractivity contribution is 5.82. The Labute approximate surface area is 168 Å². The summed E-state index contributed by atoms with van der Waals surface area (Å²) in [6.45, 7) is 3.06. The third-order valence-corrected chi connectivity index (χ3v) is 5.36. The van der Waals surface area contributed by atoms with E-state index in [2.05, 4.69) is 6.92 Å². The van der Waals surface area contributed by atoms with Gasteiger partial charge in [0.25, 0.3) is 0 Å². The molecule has 0 aliphatic rings. The van der Waals surface area contributed by atoms with Crippen molar-refractivity contribution in [1.82, 2.24) is 4.90 Å². The van der Waals surface area contributed by atoms with Crippen LogP contribution in [0.2, 0.25) is 0 Å². The minimum absolute atomic E-state index is 0.0229. The number of hydrogen-bond donors (Lipinski definition) is 1. The van der Waals surface area contributed by atoms with Crippen molar-refractivity contribution in [3.05, 3.63) is 0 Å². The van der Waals surface area contributed by atoms with E-state index in [-0.39, 0.29) is 18.7 Å². The monoisotopic (exact) mass is 382 g/mol. The molecule has 160 valence electrons. The Balaban J connectivity index is 3.22. The van der Waals surface area contributed by atoms with E-state index in [9.17, 15) is 9.59 Å². The number of primary amides is 1. The number of carbonyl (C=O) groups is 2. The molecular weight excluding hydrogens is 336 g/mol. The number of amides is 2. The van der Waals surface area contributed by atoms with Gasteiger partial charge in [-0.1, -0.05) is 103 Å². The Kier molecular flexibility index (Phi) is 18.9. The molecule has 0 aliphatic heterocycles. The molecule has 4 nitrogen and oxygen atoms in total. The molecular formula is C23H46N2O2. The molecule has 0 aromatic heterocycles. The minimum atomic E-state index is -0.404. The summed E-state index contributed by atoms with van der Waals surface area (Å²) >= 11 is 0. The molecule has 0 radical (unpaired) electrons. The third kappa shape index (κ3) is 19.5. The number of carbonyl (C=O) groups excluding carboxylic acids is 2. The van der Waals surface area contributed by atoms with Crippen LogP contribution in [0.4, 0.5) is 0 Å². The summed E-state index contributed by atoms with van der Waals surface area (Å²) in [5.74, 6) is -0.381. The maximum absolute atomic E-state index is 11.8. The van der Waals surface area contributed by atoms with E-state index in [1.165, 1.54) is 96.3 Å². The van der Waals surface area contributed by atoms with Crippen LogP contribution in [0.25, 0.3) is 0 Å². The molecule has 4 heteroatoms. The average Bonchev–Trinajstić information content (AvgIpc) is 2.65. The van der Waals surface area contributed by atoms with Gasteiger partial charge in [-0.25, -0.2) is 0 Å². The van der Waals surface area contributed by atoms with E-state index < -0.39 is 5.91 Å². The number of nitrogens with zero attached hydrogens (tertiary/aromatic N) is 1. The quantitative estimate of drug-likeness (QED) is 0.264. The lowest BCUT2D eigenvalue weighted by molar-refractivity contribution is -0.132. The fourth-order valence-electron chi connectivity index (χ4n) is 3.44. The molecule has 0 aromatic carbocycles. The van der Waals surface area contributed by atoms with Crippen molar-refractivity contribution in [2.24, 2.45) is 5.73 Å². The lowest BCUT2D eigenvalue weighted by Gasteiger charge is -2.16. The van der Waals surface area contributed by atoms with Gasteiger partial charge in [-0.05, 0) is 6.42 Å². The van der Waals surface area contributed by atoms with Gasteiger partial charge in [-0.2, -0.15) is 0 Å². The Morgan fingerprint density at radius 3 is 1.37 bits per heavy atom. The molecule has 0 spiro atoms. The normalized spacial score (nSPS) is 10.9. The second kappa shape index (κ2) is 19.7. The lowest BCUT2D eigenvalue weighted by atomic mass is 10.0. The van der Waals surface area contributed by atoms with Crippen LogP contribution >= 0.6 is 0 Å². The predicted octanol–water partition coefficient (Wildman–Crippen LogP) is 5.97. The van der Waals surface area contributed by atoms with Gasteiger partial charge in [0.15, 0.2) is 0 Å². The van der Waals surface area contributed by atoms with Gasteiger partial charge in [0.05, 0.1) is 0 Å². The SMILES string of the molecule is CCCCCCCCCCCCCCCCCCN(C)C(=O)CCC(N)=O. The van der Waals surface area contributed by atoms with Gasteiger partial charge in [0.2, 0.25) is 11.8 Å². The van der Waals surface area contributed by atoms with E-state index in [1.54, 1.807) is 4.90 Å². The maximum atomic E-state index is 11.8. The Morgan fingerprint density at radius 1 is 0.630 bits per heavy atom. The Hall–Kier alpha value is -1.06. The molecule has 0 aromatic rings. The molecule has 2 amide bonds. The summed E-state index contributed by atoms with van der Waals surface area (Å²) in [5, 5.41) is 0. The average molecular weight is 383 g/mol. The first-order valence-corrected chi connectivity index (χ1v) is 11.6. The third-order valence-electron chi connectivity index (χ3n) is 5.36. The molecule has 0 aliphatic carbocycles. The van der Waals surface area contributed by atoms with Crippen molar-refractivity contribution in [3.8, 4) is 0 Å². The number of nitrogens with two attached hydrogens (primary N) is 1. The first-order valence-electron chi connectivity index (χ1n) is 11.6. The van der Waals surface area contributed by atoms with Crippen LogP contribution in [-0.4, -0.2) is 30.3 Å². The molecule has 27 heavy (non-hydrogen) atoms. The van der Waals surface area contributed by atoms with Crippen LogP contribution in [0, 0.1) is 0 Å². The van der Waals surface area contributed by atoms with Crippen LogP contribution in [0.15, 0.2) is 0 Å². The van der Waals surface area contributed by atoms with E-state index in [4.69, 9.17) is 5.73 Å².